The van der Waals surface area contributed by atoms with Crippen molar-refractivity contribution in [3.8, 4) is 11.4 Å². The summed E-state index contributed by atoms with van der Waals surface area (Å²) in [6, 6.07) is 48.2. The van der Waals surface area contributed by atoms with E-state index < -0.39 is 50.4 Å². The second-order valence-corrected chi connectivity index (χ2v) is 18.2. The van der Waals surface area contributed by atoms with Gasteiger partial charge >= 0.3 is 0 Å². The minimum atomic E-state index is -4.39. The number of para-hydroxylation sites is 4. The number of nitrogens with zero attached hydrogens (tertiary/aromatic N) is 2. The second-order valence-electron chi connectivity index (χ2n) is 14.5. The highest BCUT2D eigenvalue weighted by molar-refractivity contribution is 7.19. The Morgan fingerprint density at radius 2 is 0.948 bits per heavy atom. The third-order valence-corrected chi connectivity index (χ3v) is 16.0. The zero-order valence-corrected chi connectivity index (χ0v) is 31.9. The van der Waals surface area contributed by atoms with Crippen LogP contribution in [0.4, 0.5) is 0 Å². The van der Waals surface area contributed by atoms with Gasteiger partial charge in [0.25, 0.3) is 0 Å². The van der Waals surface area contributed by atoms with Crippen LogP contribution in [-0.4, -0.2) is 17.2 Å². The molecule has 12 aromatic rings. The Bertz CT molecular complexity index is 3930. The van der Waals surface area contributed by atoms with Crippen molar-refractivity contribution in [2.75, 3.05) is 0 Å². The lowest BCUT2D eigenvalue weighted by Gasteiger charge is -2.34. The van der Waals surface area contributed by atoms with Crippen molar-refractivity contribution in [3.05, 3.63) is 218 Å². The molecule has 58 heavy (non-hydrogen) atoms. The molecule has 3 nitrogen and oxygen atoms in total. The standard InChI is InChI=1S/C54H36N2OSi/c1-4-20-38(21-5-1)58(39-22-6-2-7-23-39,40-24-8-3-9-25-40)41-26-18-19-37(35-41)55-47-31-14-12-29-44(47)46-36-50(54-52(53(46)55)45-30-13-17-34-51(45)57-54)56-48-32-15-10-27-42(48)43-28-11-16-33-49(43)56/h1-36H/i1D,4D,5D,18D,19D,20D,21D,26D,35D. The SMILES string of the molecule is [2H]c1c([2H])c([2H])c([Si](c2ccccc2)(c2ccccc2)c2c([2H])c([2H])c([2H])c(-n3c4ccccc4c4cc(-n5c6ccccc6c6ccccc65)c5oc6ccccc6c5c43)c2[2H])c([2H])c1[2H]. The fourth-order valence-corrected chi connectivity index (χ4v) is 13.4. The molecule has 0 radical (unpaired) electrons. The van der Waals surface area contributed by atoms with Crippen molar-refractivity contribution in [2.45, 2.75) is 0 Å². The molecule has 0 spiro atoms. The van der Waals surface area contributed by atoms with Crippen LogP contribution in [0.2, 0.25) is 0 Å². The van der Waals surface area contributed by atoms with Crippen molar-refractivity contribution in [1.29, 1.82) is 0 Å². The van der Waals surface area contributed by atoms with Gasteiger partial charge < -0.3 is 13.6 Å². The smallest absolute Gasteiger partial charge is 0.179 e. The van der Waals surface area contributed by atoms with Crippen molar-refractivity contribution >= 4 is 94.4 Å². The summed E-state index contributed by atoms with van der Waals surface area (Å²) in [6.07, 6.45) is 0. The monoisotopic (exact) mass is 765 g/mol. The molecule has 0 saturated carbocycles. The molecule has 0 saturated heterocycles. The quantitative estimate of drug-likeness (QED) is 0.122. The summed E-state index contributed by atoms with van der Waals surface area (Å²) < 4.78 is 96.7. The van der Waals surface area contributed by atoms with E-state index in [-0.39, 0.29) is 28.1 Å². The summed E-state index contributed by atoms with van der Waals surface area (Å²) in [5, 5.41) is 6.38. The van der Waals surface area contributed by atoms with E-state index in [4.69, 9.17) is 8.53 Å². The van der Waals surface area contributed by atoms with E-state index in [1.54, 1.807) is 24.3 Å². The lowest BCUT2D eigenvalue weighted by atomic mass is 10.1. The van der Waals surface area contributed by atoms with Crippen molar-refractivity contribution in [1.82, 2.24) is 9.13 Å². The van der Waals surface area contributed by atoms with Gasteiger partial charge in [0, 0.05) is 32.6 Å². The molecule has 3 aromatic heterocycles. The van der Waals surface area contributed by atoms with Gasteiger partial charge in [0.05, 0.1) is 45.5 Å². The minimum absolute atomic E-state index is 0.0227. The van der Waals surface area contributed by atoms with Crippen LogP contribution >= 0.6 is 0 Å². The van der Waals surface area contributed by atoms with Crippen molar-refractivity contribution in [2.24, 2.45) is 0 Å². The Hall–Kier alpha value is -7.40. The average molecular weight is 766 g/mol. The molecule has 3 heterocycles. The Morgan fingerprint density at radius 1 is 0.431 bits per heavy atom. The number of benzene rings is 9. The number of fused-ring (bicyclic) bond motifs is 10. The molecular weight excluding hydrogens is 721 g/mol. The summed E-state index contributed by atoms with van der Waals surface area (Å²) in [7, 11) is -4.39. The number of furan rings is 1. The van der Waals surface area contributed by atoms with Gasteiger partial charge in [-0.25, -0.2) is 0 Å². The van der Waals surface area contributed by atoms with Crippen LogP contribution in [0.1, 0.15) is 12.3 Å². The van der Waals surface area contributed by atoms with Crippen LogP contribution in [0, 0.1) is 0 Å². The van der Waals surface area contributed by atoms with E-state index in [1.807, 2.05) is 114 Å². The molecule has 272 valence electrons. The van der Waals surface area contributed by atoms with Gasteiger partial charge in [0.2, 0.25) is 0 Å². The molecule has 0 atom stereocenters. The fraction of sp³-hybridized carbons (Fsp3) is 0. The van der Waals surface area contributed by atoms with E-state index in [1.165, 1.54) is 0 Å². The maximum atomic E-state index is 10.6. The molecule has 0 aliphatic heterocycles. The molecular formula is C54H36N2OSi. The Morgan fingerprint density at radius 3 is 1.59 bits per heavy atom. The van der Waals surface area contributed by atoms with Gasteiger partial charge in [0.15, 0.2) is 13.7 Å². The maximum absolute atomic E-state index is 10.6. The molecule has 0 N–H and O–H groups in total. The largest absolute Gasteiger partial charge is 0.454 e. The van der Waals surface area contributed by atoms with Crippen LogP contribution < -0.4 is 20.7 Å². The fourth-order valence-electron chi connectivity index (χ4n) is 9.22. The lowest BCUT2D eigenvalue weighted by molar-refractivity contribution is 0.666. The predicted octanol–water partition coefficient (Wildman–Crippen LogP) is 11.2. The lowest BCUT2D eigenvalue weighted by Crippen LogP contribution is -2.74. The molecule has 0 bridgehead atoms. The van der Waals surface area contributed by atoms with Crippen molar-refractivity contribution < 1.29 is 16.8 Å². The highest BCUT2D eigenvalue weighted by atomic mass is 28.3. The van der Waals surface area contributed by atoms with E-state index in [9.17, 15) is 8.22 Å². The van der Waals surface area contributed by atoms with E-state index in [2.05, 4.69) is 34.9 Å². The first kappa shape index (κ1) is 25.0. The number of rotatable bonds is 6. The number of hydrogen-bond acceptors (Lipinski definition) is 1. The normalized spacial score (nSPS) is 14.3. The molecule has 9 aromatic carbocycles. The van der Waals surface area contributed by atoms with Crippen LogP contribution in [0.25, 0.3) is 76.9 Å². The molecule has 0 unspecified atom stereocenters. The minimum Gasteiger partial charge on any atom is -0.454 e. The Kier molecular flexibility index (Phi) is 5.52. The molecule has 0 amide bonds. The number of aromatic nitrogens is 2. The van der Waals surface area contributed by atoms with Gasteiger partial charge in [-0.05, 0) is 63.2 Å². The topological polar surface area (TPSA) is 23.0 Å². The first-order valence-corrected chi connectivity index (χ1v) is 21.2. The Balaban J connectivity index is 1.30. The van der Waals surface area contributed by atoms with Crippen LogP contribution in [-0.2, 0) is 0 Å². The molecule has 4 heteroatoms. The molecule has 0 aliphatic carbocycles. The third kappa shape index (κ3) is 4.61. The summed E-state index contributed by atoms with van der Waals surface area (Å²) in [5.74, 6) is 0. The van der Waals surface area contributed by atoms with Crippen LogP contribution in [0.15, 0.2) is 223 Å². The third-order valence-electron chi connectivity index (χ3n) is 11.6. The zero-order chi connectivity index (χ0) is 46.0. The maximum Gasteiger partial charge on any atom is 0.179 e. The summed E-state index contributed by atoms with van der Waals surface area (Å²) in [5.41, 5.74) is 5.26. The van der Waals surface area contributed by atoms with Gasteiger partial charge in [-0.3, -0.25) is 0 Å². The summed E-state index contributed by atoms with van der Waals surface area (Å²) in [4.78, 5) is 0. The molecule has 0 aliphatic rings. The van der Waals surface area contributed by atoms with Gasteiger partial charge in [-0.15, -0.1) is 0 Å². The zero-order valence-electron chi connectivity index (χ0n) is 39.9. The highest BCUT2D eigenvalue weighted by Crippen LogP contribution is 2.45. The van der Waals surface area contributed by atoms with E-state index in [0.717, 1.165) is 49.0 Å². The van der Waals surface area contributed by atoms with Crippen LogP contribution in [0.3, 0.4) is 0 Å². The van der Waals surface area contributed by atoms with Gasteiger partial charge in [-0.1, -0.05) is 176 Å². The van der Waals surface area contributed by atoms with E-state index >= 15 is 0 Å². The predicted molar refractivity (Wildman–Crippen MR) is 246 cm³/mol. The summed E-state index contributed by atoms with van der Waals surface area (Å²) in [6.45, 7) is 0. The first-order valence-electron chi connectivity index (χ1n) is 23.7. The second kappa shape index (κ2) is 12.8. The highest BCUT2D eigenvalue weighted by Gasteiger charge is 2.41. The number of hydrogen-bond donors (Lipinski definition) is 0. The average Bonchev–Trinajstić information content (AvgIpc) is 4.02. The van der Waals surface area contributed by atoms with Crippen molar-refractivity contribution in [3.63, 3.8) is 0 Å². The molecule has 12 rings (SSSR count). The van der Waals surface area contributed by atoms with Gasteiger partial charge in [-0.2, -0.15) is 0 Å². The molecule has 0 fully saturated rings. The van der Waals surface area contributed by atoms with Crippen LogP contribution in [0.5, 0.6) is 0 Å². The first-order chi connectivity index (χ1) is 32.5. The van der Waals surface area contributed by atoms with Gasteiger partial charge in [0.1, 0.15) is 5.58 Å². The summed E-state index contributed by atoms with van der Waals surface area (Å²) >= 11 is 0. The Labute approximate surface area is 348 Å². The van der Waals surface area contributed by atoms with E-state index in [0.29, 0.717) is 32.6 Å².